The Kier molecular flexibility index (Phi) is 5.74. The molecule has 1 heterocycles. The zero-order valence-corrected chi connectivity index (χ0v) is 17.0. The largest absolute Gasteiger partial charge is 0.258 e. The second kappa shape index (κ2) is 8.02. The maximum Gasteiger partial charge on any atom is 0.206 e. The molecule has 0 aliphatic rings. The third kappa shape index (κ3) is 3.81. The van der Waals surface area contributed by atoms with Crippen LogP contribution in [0.1, 0.15) is 29.2 Å². The van der Waals surface area contributed by atoms with Crippen LogP contribution in [0.5, 0.6) is 0 Å². The molecule has 0 unspecified atom stereocenters. The first-order chi connectivity index (χ1) is 12.5. The highest BCUT2D eigenvalue weighted by molar-refractivity contribution is 7.07. The quantitative estimate of drug-likeness (QED) is 0.525. The molecule has 0 saturated carbocycles. The van der Waals surface area contributed by atoms with E-state index in [9.17, 15) is 0 Å². The van der Waals surface area contributed by atoms with E-state index in [0.29, 0.717) is 11.6 Å². The number of thiazole rings is 1. The lowest BCUT2D eigenvalue weighted by molar-refractivity contribution is 0.832. The van der Waals surface area contributed by atoms with E-state index in [4.69, 9.17) is 16.7 Å². The minimum atomic E-state index is 0.685. The Hall–Kier alpha value is -2.17. The maximum absolute atomic E-state index is 6.26. The molecule has 0 atom stereocenters. The van der Waals surface area contributed by atoms with E-state index in [0.717, 1.165) is 16.1 Å². The van der Waals surface area contributed by atoms with Crippen molar-refractivity contribution in [2.45, 2.75) is 27.7 Å². The Morgan fingerprint density at radius 2 is 1.81 bits per heavy atom. The van der Waals surface area contributed by atoms with Gasteiger partial charge in [0.05, 0.1) is 11.9 Å². The molecule has 0 spiro atoms. The van der Waals surface area contributed by atoms with E-state index < -0.39 is 0 Å². The number of benzene rings is 2. The predicted octanol–water partition coefficient (Wildman–Crippen LogP) is 5.60. The predicted molar refractivity (Wildman–Crippen MR) is 113 cm³/mol. The van der Waals surface area contributed by atoms with Gasteiger partial charge in [-0.3, -0.25) is 4.99 Å². The minimum Gasteiger partial charge on any atom is -0.258 e. The molecule has 134 valence electrons. The molecule has 2 aromatic carbocycles. The summed E-state index contributed by atoms with van der Waals surface area (Å²) < 4.78 is 1.91. The van der Waals surface area contributed by atoms with Gasteiger partial charge in [0.1, 0.15) is 0 Å². The van der Waals surface area contributed by atoms with Crippen molar-refractivity contribution in [3.8, 4) is 11.3 Å². The first kappa shape index (κ1) is 18.6. The van der Waals surface area contributed by atoms with Crippen molar-refractivity contribution in [2.24, 2.45) is 10.1 Å². The third-order valence-electron chi connectivity index (χ3n) is 4.31. The number of aryl methyl sites for hydroxylation is 3. The van der Waals surface area contributed by atoms with Crippen LogP contribution in [0.2, 0.25) is 5.02 Å². The normalized spacial score (nSPS) is 12.3. The number of hydrogen-bond acceptors (Lipinski definition) is 3. The molecule has 0 bridgehead atoms. The van der Waals surface area contributed by atoms with Crippen molar-refractivity contribution < 1.29 is 0 Å². The molecule has 26 heavy (non-hydrogen) atoms. The number of hydrogen-bond donors (Lipinski definition) is 0. The van der Waals surface area contributed by atoms with Crippen molar-refractivity contribution in [2.75, 3.05) is 6.54 Å². The summed E-state index contributed by atoms with van der Waals surface area (Å²) in [5.41, 5.74) is 6.91. The Morgan fingerprint density at radius 1 is 1.08 bits per heavy atom. The van der Waals surface area contributed by atoms with Gasteiger partial charge in [0.2, 0.25) is 4.80 Å². The van der Waals surface area contributed by atoms with Gasteiger partial charge in [-0.05, 0) is 56.5 Å². The van der Waals surface area contributed by atoms with Gasteiger partial charge in [0, 0.05) is 28.1 Å². The van der Waals surface area contributed by atoms with Gasteiger partial charge >= 0.3 is 0 Å². The molecule has 3 aromatic rings. The van der Waals surface area contributed by atoms with Crippen LogP contribution in [-0.2, 0) is 0 Å². The topological polar surface area (TPSA) is 29.6 Å². The maximum atomic E-state index is 6.26. The third-order valence-corrected chi connectivity index (χ3v) is 5.51. The second-order valence-corrected chi connectivity index (χ2v) is 7.45. The first-order valence-corrected chi connectivity index (χ1v) is 9.85. The van der Waals surface area contributed by atoms with Crippen LogP contribution < -0.4 is 4.80 Å². The molecule has 0 fully saturated rings. The fraction of sp³-hybridized carbons (Fsp3) is 0.238. The summed E-state index contributed by atoms with van der Waals surface area (Å²) in [4.78, 5) is 5.47. The molecule has 0 amide bonds. The summed E-state index contributed by atoms with van der Waals surface area (Å²) in [6.07, 6.45) is 1.80. The summed E-state index contributed by atoms with van der Waals surface area (Å²) >= 11 is 7.87. The van der Waals surface area contributed by atoms with Crippen molar-refractivity contribution in [3.63, 3.8) is 0 Å². The lowest BCUT2D eigenvalue weighted by atomic mass is 9.99. The lowest BCUT2D eigenvalue weighted by Crippen LogP contribution is -2.12. The zero-order chi connectivity index (χ0) is 18.7. The number of rotatable bonds is 4. The van der Waals surface area contributed by atoms with E-state index >= 15 is 0 Å². The molecule has 3 rings (SSSR count). The summed E-state index contributed by atoms with van der Waals surface area (Å²) in [5.74, 6) is 0. The molecule has 0 radical (unpaired) electrons. The van der Waals surface area contributed by atoms with E-state index in [-0.39, 0.29) is 0 Å². The average Bonchev–Trinajstić information content (AvgIpc) is 3.00. The Labute approximate surface area is 163 Å². The number of aromatic nitrogens is 1. The van der Waals surface area contributed by atoms with Crippen LogP contribution in [0.25, 0.3) is 11.3 Å². The number of nitrogens with zero attached hydrogens (tertiary/aromatic N) is 3. The van der Waals surface area contributed by atoms with Crippen LogP contribution in [-0.4, -0.2) is 17.4 Å². The Balaban J connectivity index is 2.16. The number of halogens is 1. The smallest absolute Gasteiger partial charge is 0.206 e. The summed E-state index contributed by atoms with van der Waals surface area (Å²) in [6, 6.07) is 12.1. The fourth-order valence-electron chi connectivity index (χ4n) is 2.78. The van der Waals surface area contributed by atoms with Gasteiger partial charge in [-0.1, -0.05) is 35.9 Å². The lowest BCUT2D eigenvalue weighted by Gasteiger charge is -2.10. The van der Waals surface area contributed by atoms with E-state index in [2.05, 4.69) is 43.3 Å². The monoisotopic (exact) mass is 383 g/mol. The van der Waals surface area contributed by atoms with Gasteiger partial charge < -0.3 is 0 Å². The molecule has 5 heteroatoms. The van der Waals surface area contributed by atoms with Crippen molar-refractivity contribution in [1.82, 2.24) is 4.68 Å². The van der Waals surface area contributed by atoms with E-state index in [1.54, 1.807) is 17.6 Å². The molecule has 0 aliphatic carbocycles. The highest BCUT2D eigenvalue weighted by Crippen LogP contribution is 2.27. The molecular weight excluding hydrogens is 362 g/mol. The van der Waals surface area contributed by atoms with Crippen LogP contribution >= 0.6 is 22.9 Å². The molecule has 3 nitrogen and oxygen atoms in total. The van der Waals surface area contributed by atoms with Crippen LogP contribution in [0.15, 0.2) is 51.9 Å². The standard InChI is InChI=1S/C21H22ClN3S/c1-5-23-21-25(24-12-17-8-6-7-9-19(17)22)20(13-26-21)18-11-15(3)14(2)10-16(18)4/h6-13H,5H2,1-4H3. The van der Waals surface area contributed by atoms with Crippen molar-refractivity contribution >= 4 is 29.2 Å². The molecule has 1 aromatic heterocycles. The van der Waals surface area contributed by atoms with Gasteiger partial charge in [0.15, 0.2) is 0 Å². The summed E-state index contributed by atoms with van der Waals surface area (Å²) in [5, 5.41) is 7.52. The highest BCUT2D eigenvalue weighted by Gasteiger charge is 2.11. The molecule has 0 aliphatic heterocycles. The first-order valence-electron chi connectivity index (χ1n) is 8.59. The van der Waals surface area contributed by atoms with E-state index in [1.807, 2.05) is 35.9 Å². The van der Waals surface area contributed by atoms with Gasteiger partial charge in [0.25, 0.3) is 0 Å². The molecular formula is C21H22ClN3S. The zero-order valence-electron chi connectivity index (χ0n) is 15.5. The van der Waals surface area contributed by atoms with Crippen LogP contribution in [0.4, 0.5) is 0 Å². The van der Waals surface area contributed by atoms with Gasteiger partial charge in [-0.15, -0.1) is 11.3 Å². The fourth-order valence-corrected chi connectivity index (χ4v) is 3.85. The van der Waals surface area contributed by atoms with Crippen LogP contribution in [0, 0.1) is 20.8 Å². The minimum absolute atomic E-state index is 0.685. The van der Waals surface area contributed by atoms with Crippen molar-refractivity contribution in [1.29, 1.82) is 0 Å². The summed E-state index contributed by atoms with van der Waals surface area (Å²) in [7, 11) is 0. The molecule has 0 saturated heterocycles. The van der Waals surface area contributed by atoms with Crippen LogP contribution in [0.3, 0.4) is 0 Å². The Bertz CT molecular complexity index is 1030. The Morgan fingerprint density at radius 3 is 2.54 bits per heavy atom. The van der Waals surface area contributed by atoms with E-state index in [1.165, 1.54) is 22.3 Å². The highest BCUT2D eigenvalue weighted by atomic mass is 35.5. The second-order valence-electron chi connectivity index (χ2n) is 6.21. The average molecular weight is 384 g/mol. The SMILES string of the molecule is CCN=c1scc(-c2cc(C)c(C)cc2C)n1N=Cc1ccccc1Cl. The molecule has 0 N–H and O–H groups in total. The van der Waals surface area contributed by atoms with Crippen molar-refractivity contribution in [3.05, 3.63) is 73.9 Å². The van der Waals surface area contributed by atoms with Gasteiger partial charge in [-0.25, -0.2) is 4.68 Å². The van der Waals surface area contributed by atoms with Gasteiger partial charge in [-0.2, -0.15) is 5.10 Å². The summed E-state index contributed by atoms with van der Waals surface area (Å²) in [6.45, 7) is 9.16.